The normalized spacial score (nSPS) is 11.7. The molecule has 0 bridgehead atoms. The lowest BCUT2D eigenvalue weighted by molar-refractivity contribution is 1.30. The zero-order chi connectivity index (χ0) is 28.3. The zero-order valence-corrected chi connectivity index (χ0v) is 24.8. The molecule has 2 aromatic heterocycles. The first kappa shape index (κ1) is 24.6. The Kier molecular flexibility index (Phi) is 5.62. The van der Waals surface area contributed by atoms with Gasteiger partial charge in [-0.3, -0.25) is 0 Å². The summed E-state index contributed by atoms with van der Waals surface area (Å²) in [5.74, 6) is 0. The van der Waals surface area contributed by atoms with Crippen LogP contribution in [0.4, 0.5) is 17.1 Å². The van der Waals surface area contributed by atoms with E-state index in [-0.39, 0.29) is 0 Å². The van der Waals surface area contributed by atoms with Crippen molar-refractivity contribution in [1.29, 1.82) is 0 Å². The summed E-state index contributed by atoms with van der Waals surface area (Å²) < 4.78 is 5.28. The number of hydrogen-bond acceptors (Lipinski definition) is 3. The number of benzene rings is 7. The molecule has 0 aliphatic heterocycles. The number of anilines is 3. The molecule has 0 spiro atoms. The lowest BCUT2D eigenvalue weighted by Gasteiger charge is -2.26. The molecule has 1 nitrogen and oxygen atoms in total. The van der Waals surface area contributed by atoms with Crippen LogP contribution in [0, 0.1) is 0 Å². The molecule has 0 radical (unpaired) electrons. The highest BCUT2D eigenvalue weighted by atomic mass is 32.1. The van der Waals surface area contributed by atoms with E-state index in [1.165, 1.54) is 62.2 Å². The van der Waals surface area contributed by atoms with Crippen LogP contribution in [-0.2, 0) is 0 Å². The highest BCUT2D eigenvalue weighted by molar-refractivity contribution is 7.26. The summed E-state index contributed by atoms with van der Waals surface area (Å²) >= 11 is 3.74. The van der Waals surface area contributed by atoms with Crippen molar-refractivity contribution in [2.24, 2.45) is 0 Å². The van der Waals surface area contributed by atoms with Crippen molar-refractivity contribution in [2.45, 2.75) is 0 Å². The first-order valence-corrected chi connectivity index (χ1v) is 16.1. The summed E-state index contributed by atoms with van der Waals surface area (Å²) in [5.41, 5.74) is 5.90. The van der Waals surface area contributed by atoms with Crippen molar-refractivity contribution >= 4 is 90.9 Å². The number of thiophene rings is 2. The minimum absolute atomic E-state index is 1.14. The third kappa shape index (κ3) is 4.12. The number of hydrogen-bond donors (Lipinski definition) is 0. The average Bonchev–Trinajstić information content (AvgIpc) is 3.62. The first-order chi connectivity index (χ1) is 21.3. The third-order valence-electron chi connectivity index (χ3n) is 8.43. The molecule has 0 aliphatic carbocycles. The molecular formula is C40H25NS2. The molecule has 0 saturated carbocycles. The van der Waals surface area contributed by atoms with E-state index in [1.807, 2.05) is 22.7 Å². The summed E-state index contributed by atoms with van der Waals surface area (Å²) in [6.45, 7) is 0. The molecule has 0 N–H and O–H groups in total. The van der Waals surface area contributed by atoms with Gasteiger partial charge in [-0.1, -0.05) is 84.9 Å². The lowest BCUT2D eigenvalue weighted by atomic mass is 10.0. The Morgan fingerprint density at radius 3 is 1.58 bits per heavy atom. The Morgan fingerprint density at radius 2 is 0.837 bits per heavy atom. The van der Waals surface area contributed by atoms with Crippen molar-refractivity contribution in [3.8, 4) is 11.1 Å². The molecule has 7 aromatic carbocycles. The first-order valence-electron chi connectivity index (χ1n) is 14.5. The maximum absolute atomic E-state index is 2.41. The van der Waals surface area contributed by atoms with E-state index >= 15 is 0 Å². The average molecular weight is 584 g/mol. The van der Waals surface area contributed by atoms with Crippen LogP contribution in [0.3, 0.4) is 0 Å². The van der Waals surface area contributed by atoms with Gasteiger partial charge < -0.3 is 4.90 Å². The fraction of sp³-hybridized carbons (Fsp3) is 0. The van der Waals surface area contributed by atoms with Crippen LogP contribution < -0.4 is 4.90 Å². The number of rotatable bonds is 4. The van der Waals surface area contributed by atoms with Crippen molar-refractivity contribution in [1.82, 2.24) is 0 Å². The van der Waals surface area contributed by atoms with Crippen LogP contribution in [0.25, 0.3) is 62.2 Å². The standard InChI is InChI=1S/C40H25NS2/c1-2-8-26(9-3-1)27-14-16-30(17-15-27)41(31-18-20-38-35(24-31)33-12-6-7-13-37(33)42-38)32-19-21-39-36(25-32)34-22-28-10-4-5-11-29(28)23-40(34)43-39/h1-25H. The highest BCUT2D eigenvalue weighted by Gasteiger charge is 2.17. The van der Waals surface area contributed by atoms with Gasteiger partial charge >= 0.3 is 0 Å². The second kappa shape index (κ2) is 9.81. The molecule has 0 amide bonds. The minimum Gasteiger partial charge on any atom is -0.310 e. The topological polar surface area (TPSA) is 3.24 Å². The second-order valence-corrected chi connectivity index (χ2v) is 13.2. The van der Waals surface area contributed by atoms with Gasteiger partial charge in [0.1, 0.15) is 0 Å². The van der Waals surface area contributed by atoms with Crippen LogP contribution in [0.2, 0.25) is 0 Å². The Morgan fingerprint density at radius 1 is 0.326 bits per heavy atom. The fourth-order valence-electron chi connectivity index (χ4n) is 6.32. The van der Waals surface area contributed by atoms with Crippen LogP contribution in [-0.4, -0.2) is 0 Å². The van der Waals surface area contributed by atoms with Gasteiger partial charge in [0.15, 0.2) is 0 Å². The molecule has 43 heavy (non-hydrogen) atoms. The quantitative estimate of drug-likeness (QED) is 0.199. The number of fused-ring (bicyclic) bond motifs is 7. The van der Waals surface area contributed by atoms with Gasteiger partial charge in [0, 0.05) is 57.4 Å². The SMILES string of the molecule is c1ccc(-c2ccc(N(c3ccc4sc5ccccc5c4c3)c3ccc4sc5cc6ccccc6cc5c4c3)cc2)cc1. The lowest BCUT2D eigenvalue weighted by Crippen LogP contribution is -2.09. The van der Waals surface area contributed by atoms with Gasteiger partial charge in [0.05, 0.1) is 0 Å². The highest BCUT2D eigenvalue weighted by Crippen LogP contribution is 2.44. The summed E-state index contributed by atoms with van der Waals surface area (Å²) in [6.07, 6.45) is 0. The molecule has 3 heteroatoms. The molecule has 0 atom stereocenters. The predicted molar refractivity (Wildman–Crippen MR) is 190 cm³/mol. The van der Waals surface area contributed by atoms with Crippen molar-refractivity contribution < 1.29 is 0 Å². The van der Waals surface area contributed by atoms with Gasteiger partial charge in [0.2, 0.25) is 0 Å². The van der Waals surface area contributed by atoms with Crippen molar-refractivity contribution in [2.75, 3.05) is 4.90 Å². The fourth-order valence-corrected chi connectivity index (χ4v) is 8.53. The Bertz CT molecular complexity index is 2450. The van der Waals surface area contributed by atoms with E-state index in [0.29, 0.717) is 0 Å². The monoisotopic (exact) mass is 583 g/mol. The second-order valence-electron chi connectivity index (χ2n) is 11.0. The van der Waals surface area contributed by atoms with Crippen LogP contribution in [0.1, 0.15) is 0 Å². The molecule has 202 valence electrons. The summed E-state index contributed by atoms with van der Waals surface area (Å²) in [7, 11) is 0. The van der Waals surface area contributed by atoms with Crippen LogP contribution in [0.5, 0.6) is 0 Å². The smallest absolute Gasteiger partial charge is 0.0468 e. The molecule has 9 aromatic rings. The van der Waals surface area contributed by atoms with Gasteiger partial charge in [-0.2, -0.15) is 0 Å². The molecule has 0 unspecified atom stereocenters. The van der Waals surface area contributed by atoms with Crippen LogP contribution >= 0.6 is 22.7 Å². The van der Waals surface area contributed by atoms with E-state index in [1.54, 1.807) is 0 Å². The summed E-state index contributed by atoms with van der Waals surface area (Å²) in [5, 5.41) is 7.81. The minimum atomic E-state index is 1.14. The Hall–Kier alpha value is -4.96. The van der Waals surface area contributed by atoms with E-state index in [0.717, 1.165) is 17.1 Å². The number of nitrogens with zero attached hydrogens (tertiary/aromatic N) is 1. The van der Waals surface area contributed by atoms with Gasteiger partial charge in [-0.25, -0.2) is 0 Å². The largest absolute Gasteiger partial charge is 0.310 e. The van der Waals surface area contributed by atoms with Gasteiger partial charge in [-0.05, 0) is 88.6 Å². The molecule has 9 rings (SSSR count). The Balaban J connectivity index is 1.25. The molecule has 2 heterocycles. The van der Waals surface area contributed by atoms with Crippen LogP contribution in [0.15, 0.2) is 152 Å². The van der Waals surface area contributed by atoms with E-state index < -0.39 is 0 Å². The molecule has 0 aliphatic rings. The molecule has 0 saturated heterocycles. The van der Waals surface area contributed by atoms with E-state index in [2.05, 4.69) is 157 Å². The third-order valence-corrected chi connectivity index (χ3v) is 10.7. The van der Waals surface area contributed by atoms with E-state index in [9.17, 15) is 0 Å². The zero-order valence-electron chi connectivity index (χ0n) is 23.2. The van der Waals surface area contributed by atoms with Gasteiger partial charge in [-0.15, -0.1) is 22.7 Å². The summed E-state index contributed by atoms with van der Waals surface area (Å²) in [4.78, 5) is 2.41. The summed E-state index contributed by atoms with van der Waals surface area (Å²) in [6, 6.07) is 55.5. The van der Waals surface area contributed by atoms with Gasteiger partial charge in [0.25, 0.3) is 0 Å². The van der Waals surface area contributed by atoms with Crippen molar-refractivity contribution in [3.63, 3.8) is 0 Å². The maximum atomic E-state index is 2.41. The Labute approximate surface area is 257 Å². The maximum Gasteiger partial charge on any atom is 0.0468 e. The van der Waals surface area contributed by atoms with E-state index in [4.69, 9.17) is 0 Å². The van der Waals surface area contributed by atoms with Crippen molar-refractivity contribution in [3.05, 3.63) is 152 Å². The molecular weight excluding hydrogens is 559 g/mol. The predicted octanol–water partition coefficient (Wildman–Crippen LogP) is 12.7. The molecule has 0 fully saturated rings.